The summed E-state index contributed by atoms with van der Waals surface area (Å²) in [5, 5.41) is 2.82. The molecule has 1 aliphatic heterocycles. The zero-order valence-corrected chi connectivity index (χ0v) is 14.2. The third-order valence-corrected chi connectivity index (χ3v) is 4.40. The summed E-state index contributed by atoms with van der Waals surface area (Å²) in [6.45, 7) is 3.40. The predicted molar refractivity (Wildman–Crippen MR) is 88.1 cm³/mol. The molecule has 7 heteroatoms. The number of nitrogens with two attached hydrogens (primary N) is 1. The molecule has 1 aliphatic rings. The normalized spacial score (nSPS) is 17.1. The smallest absolute Gasteiger partial charge is 0.228 e. The Labute approximate surface area is 138 Å². The molecule has 0 aromatic carbocycles. The van der Waals surface area contributed by atoms with Gasteiger partial charge in [-0.1, -0.05) is 6.92 Å². The first-order valence-corrected chi connectivity index (χ1v) is 8.22. The van der Waals surface area contributed by atoms with E-state index >= 15 is 0 Å². The van der Waals surface area contributed by atoms with Gasteiger partial charge in [0.2, 0.25) is 11.8 Å². The van der Waals surface area contributed by atoms with Crippen LogP contribution in [0.2, 0.25) is 0 Å². The van der Waals surface area contributed by atoms with Crippen molar-refractivity contribution < 1.29 is 9.59 Å². The number of rotatable bonds is 4. The minimum atomic E-state index is -0.155. The number of anilines is 1. The highest BCUT2D eigenvalue weighted by molar-refractivity contribution is 9.10. The fourth-order valence-corrected chi connectivity index (χ4v) is 2.69. The molecule has 1 unspecified atom stereocenters. The number of pyridine rings is 1. The first-order chi connectivity index (χ1) is 10.5. The maximum absolute atomic E-state index is 12.2. The molecule has 0 saturated carbocycles. The molecule has 1 aromatic heterocycles. The maximum Gasteiger partial charge on any atom is 0.228 e. The molecule has 1 fully saturated rings. The molecule has 22 heavy (non-hydrogen) atoms. The Morgan fingerprint density at radius 1 is 1.45 bits per heavy atom. The zero-order valence-electron chi connectivity index (χ0n) is 12.6. The third-order valence-electron chi connectivity index (χ3n) is 3.93. The standard InChI is InChI=1S/C15H21BrN4O2/c1-10(8-17)15(22)20-6-4-11(5-7-20)14(21)19-13-3-2-12(16)9-18-13/h2-3,9-11H,4-8,17H2,1H3,(H,18,19,21). The van der Waals surface area contributed by atoms with E-state index in [0.29, 0.717) is 38.3 Å². The molecule has 2 rings (SSSR count). The van der Waals surface area contributed by atoms with Crippen LogP contribution >= 0.6 is 15.9 Å². The van der Waals surface area contributed by atoms with Gasteiger partial charge in [0.05, 0.1) is 0 Å². The van der Waals surface area contributed by atoms with E-state index in [9.17, 15) is 9.59 Å². The Balaban J connectivity index is 1.84. The molecule has 6 nitrogen and oxygen atoms in total. The number of nitrogens with one attached hydrogen (secondary N) is 1. The van der Waals surface area contributed by atoms with E-state index in [1.807, 2.05) is 13.0 Å². The fraction of sp³-hybridized carbons (Fsp3) is 0.533. The number of hydrogen-bond acceptors (Lipinski definition) is 4. The fourth-order valence-electron chi connectivity index (χ4n) is 2.45. The quantitative estimate of drug-likeness (QED) is 0.844. The van der Waals surface area contributed by atoms with Crippen molar-refractivity contribution in [3.63, 3.8) is 0 Å². The predicted octanol–water partition coefficient (Wildman–Crippen LogP) is 1.62. The van der Waals surface area contributed by atoms with E-state index in [4.69, 9.17) is 5.73 Å². The van der Waals surface area contributed by atoms with Crippen molar-refractivity contribution in [1.29, 1.82) is 0 Å². The van der Waals surface area contributed by atoms with Crippen LogP contribution in [-0.4, -0.2) is 41.3 Å². The second-order valence-electron chi connectivity index (χ2n) is 5.59. The van der Waals surface area contributed by atoms with Crippen LogP contribution in [0.15, 0.2) is 22.8 Å². The summed E-state index contributed by atoms with van der Waals surface area (Å²) in [5.74, 6) is 0.355. The monoisotopic (exact) mass is 368 g/mol. The van der Waals surface area contributed by atoms with E-state index in [1.165, 1.54) is 0 Å². The van der Waals surface area contributed by atoms with Crippen LogP contribution in [0.4, 0.5) is 5.82 Å². The van der Waals surface area contributed by atoms with Gasteiger partial charge in [0.1, 0.15) is 5.82 Å². The molecule has 0 bridgehead atoms. The van der Waals surface area contributed by atoms with Gasteiger partial charge in [-0.25, -0.2) is 4.98 Å². The highest BCUT2D eigenvalue weighted by atomic mass is 79.9. The lowest BCUT2D eigenvalue weighted by molar-refractivity contribution is -0.137. The zero-order chi connectivity index (χ0) is 16.1. The largest absolute Gasteiger partial charge is 0.342 e. The van der Waals surface area contributed by atoms with E-state index in [-0.39, 0.29) is 23.7 Å². The number of likely N-dealkylation sites (tertiary alicyclic amines) is 1. The summed E-state index contributed by atoms with van der Waals surface area (Å²) >= 11 is 3.30. The van der Waals surface area contributed by atoms with Gasteiger partial charge < -0.3 is 16.0 Å². The van der Waals surface area contributed by atoms with Crippen molar-refractivity contribution in [3.05, 3.63) is 22.8 Å². The molecule has 1 aromatic rings. The van der Waals surface area contributed by atoms with Crippen LogP contribution in [0, 0.1) is 11.8 Å². The van der Waals surface area contributed by atoms with Crippen molar-refractivity contribution in [3.8, 4) is 0 Å². The van der Waals surface area contributed by atoms with Gasteiger partial charge in [0, 0.05) is 42.1 Å². The highest BCUT2D eigenvalue weighted by Gasteiger charge is 2.29. The molecule has 0 radical (unpaired) electrons. The number of aromatic nitrogens is 1. The Morgan fingerprint density at radius 3 is 2.68 bits per heavy atom. The van der Waals surface area contributed by atoms with Crippen LogP contribution < -0.4 is 11.1 Å². The van der Waals surface area contributed by atoms with E-state index in [2.05, 4.69) is 26.2 Å². The van der Waals surface area contributed by atoms with Crippen LogP contribution in [0.25, 0.3) is 0 Å². The van der Waals surface area contributed by atoms with Crippen molar-refractivity contribution in [2.45, 2.75) is 19.8 Å². The molecule has 0 spiro atoms. The van der Waals surface area contributed by atoms with Crippen LogP contribution in [0.3, 0.4) is 0 Å². The summed E-state index contributed by atoms with van der Waals surface area (Å²) in [6.07, 6.45) is 2.99. The summed E-state index contributed by atoms with van der Waals surface area (Å²) in [7, 11) is 0. The molecular weight excluding hydrogens is 348 g/mol. The molecule has 120 valence electrons. The number of carbonyl (C=O) groups is 2. The lowest BCUT2D eigenvalue weighted by Crippen LogP contribution is -2.44. The minimum Gasteiger partial charge on any atom is -0.342 e. The van der Waals surface area contributed by atoms with E-state index < -0.39 is 0 Å². The van der Waals surface area contributed by atoms with E-state index in [0.717, 1.165) is 4.47 Å². The second-order valence-corrected chi connectivity index (χ2v) is 6.50. The number of piperidine rings is 1. The van der Waals surface area contributed by atoms with Crippen molar-refractivity contribution in [1.82, 2.24) is 9.88 Å². The van der Waals surface area contributed by atoms with Crippen molar-refractivity contribution in [2.24, 2.45) is 17.6 Å². The average molecular weight is 369 g/mol. The first kappa shape index (κ1) is 16.9. The van der Waals surface area contributed by atoms with E-state index in [1.54, 1.807) is 17.2 Å². The van der Waals surface area contributed by atoms with Gasteiger partial charge >= 0.3 is 0 Å². The van der Waals surface area contributed by atoms with Crippen molar-refractivity contribution in [2.75, 3.05) is 25.0 Å². The van der Waals surface area contributed by atoms with Gasteiger partial charge in [0.15, 0.2) is 0 Å². The second kappa shape index (κ2) is 7.69. The minimum absolute atomic E-state index is 0.0335. The SMILES string of the molecule is CC(CN)C(=O)N1CCC(C(=O)Nc2ccc(Br)cn2)CC1. The number of halogens is 1. The summed E-state index contributed by atoms with van der Waals surface area (Å²) in [6, 6.07) is 3.58. The van der Waals surface area contributed by atoms with Crippen LogP contribution in [-0.2, 0) is 9.59 Å². The van der Waals surface area contributed by atoms with Gasteiger partial charge in [-0.2, -0.15) is 0 Å². The summed E-state index contributed by atoms with van der Waals surface area (Å²) in [4.78, 5) is 30.2. The number of amides is 2. The molecule has 3 N–H and O–H groups in total. The Morgan fingerprint density at radius 2 is 2.14 bits per heavy atom. The van der Waals surface area contributed by atoms with Crippen LogP contribution in [0.1, 0.15) is 19.8 Å². The molecule has 0 aliphatic carbocycles. The molecule has 1 saturated heterocycles. The number of carbonyl (C=O) groups excluding carboxylic acids is 2. The maximum atomic E-state index is 12.2. The summed E-state index contributed by atoms with van der Waals surface area (Å²) < 4.78 is 0.867. The Hall–Kier alpha value is -1.47. The van der Waals surface area contributed by atoms with Gasteiger partial charge in [-0.3, -0.25) is 9.59 Å². The molecular formula is C15H21BrN4O2. The molecule has 1 atom stereocenters. The number of hydrogen-bond donors (Lipinski definition) is 2. The van der Waals surface area contributed by atoms with Gasteiger partial charge in [-0.05, 0) is 40.9 Å². The van der Waals surface area contributed by atoms with Gasteiger partial charge in [0.25, 0.3) is 0 Å². The lowest BCUT2D eigenvalue weighted by Gasteiger charge is -2.32. The van der Waals surface area contributed by atoms with Crippen LogP contribution in [0.5, 0.6) is 0 Å². The molecule has 2 amide bonds. The van der Waals surface area contributed by atoms with Crippen molar-refractivity contribution >= 4 is 33.6 Å². The molecule has 2 heterocycles. The Kier molecular flexibility index (Phi) is 5.90. The first-order valence-electron chi connectivity index (χ1n) is 7.42. The lowest BCUT2D eigenvalue weighted by atomic mass is 9.95. The topological polar surface area (TPSA) is 88.3 Å². The number of nitrogens with zero attached hydrogens (tertiary/aromatic N) is 2. The highest BCUT2D eigenvalue weighted by Crippen LogP contribution is 2.20. The third kappa shape index (κ3) is 4.27. The van der Waals surface area contributed by atoms with Gasteiger partial charge in [-0.15, -0.1) is 0 Å². The Bertz CT molecular complexity index is 527. The average Bonchev–Trinajstić information content (AvgIpc) is 2.55. The summed E-state index contributed by atoms with van der Waals surface area (Å²) in [5.41, 5.74) is 5.53.